The van der Waals surface area contributed by atoms with E-state index in [-0.39, 0.29) is 18.3 Å². The molecule has 1 aromatic rings. The maximum absolute atomic E-state index is 12.9. The van der Waals surface area contributed by atoms with Crippen molar-refractivity contribution >= 4 is 5.97 Å². The summed E-state index contributed by atoms with van der Waals surface area (Å²) in [7, 11) is 0. The molecule has 0 radical (unpaired) electrons. The fourth-order valence-corrected chi connectivity index (χ4v) is 2.95. The average molecular weight is 280 g/mol. The first kappa shape index (κ1) is 14.9. The molecule has 2 heterocycles. The molecule has 1 saturated heterocycles. The second-order valence-corrected chi connectivity index (χ2v) is 5.41. The third-order valence-corrected chi connectivity index (χ3v) is 4.00. The van der Waals surface area contributed by atoms with E-state index >= 15 is 0 Å². The molecule has 4 nitrogen and oxygen atoms in total. The van der Waals surface area contributed by atoms with Crippen LogP contribution in [0.15, 0.2) is 18.3 Å². The van der Waals surface area contributed by atoms with Gasteiger partial charge in [-0.3, -0.25) is 14.7 Å². The number of pyridine rings is 1. The number of carbonyl (C=O) groups is 1. The number of aromatic nitrogens is 1. The summed E-state index contributed by atoms with van der Waals surface area (Å²) in [5.41, 5.74) is 0.896. The summed E-state index contributed by atoms with van der Waals surface area (Å²) in [4.78, 5) is 17.1. The van der Waals surface area contributed by atoms with Gasteiger partial charge in [0.05, 0.1) is 17.9 Å². The largest absolute Gasteiger partial charge is 0.481 e. The van der Waals surface area contributed by atoms with Gasteiger partial charge in [0, 0.05) is 13.0 Å². The summed E-state index contributed by atoms with van der Waals surface area (Å²) in [5.74, 6) is -0.597. The zero-order valence-corrected chi connectivity index (χ0v) is 11.8. The van der Waals surface area contributed by atoms with Crippen LogP contribution in [0.4, 0.5) is 4.39 Å². The zero-order chi connectivity index (χ0) is 14.5. The topological polar surface area (TPSA) is 53.4 Å². The summed E-state index contributed by atoms with van der Waals surface area (Å²) < 4.78 is 12.9. The van der Waals surface area contributed by atoms with Crippen LogP contribution in [0.3, 0.4) is 0 Å². The van der Waals surface area contributed by atoms with E-state index in [2.05, 4.69) is 16.8 Å². The number of halogens is 1. The first-order chi connectivity index (χ1) is 9.60. The van der Waals surface area contributed by atoms with Crippen molar-refractivity contribution in [1.82, 2.24) is 9.88 Å². The minimum Gasteiger partial charge on any atom is -0.481 e. The van der Waals surface area contributed by atoms with Gasteiger partial charge in [-0.1, -0.05) is 6.92 Å². The molecule has 0 saturated carbocycles. The van der Waals surface area contributed by atoms with Crippen LogP contribution in [0.5, 0.6) is 0 Å². The maximum atomic E-state index is 12.9. The quantitative estimate of drug-likeness (QED) is 0.870. The third-order valence-electron chi connectivity index (χ3n) is 4.00. The fourth-order valence-electron chi connectivity index (χ4n) is 2.95. The fraction of sp³-hybridized carbons (Fsp3) is 0.600. The van der Waals surface area contributed by atoms with Crippen molar-refractivity contribution in [1.29, 1.82) is 0 Å². The smallest absolute Gasteiger partial charge is 0.303 e. The Labute approximate surface area is 118 Å². The highest BCUT2D eigenvalue weighted by molar-refractivity contribution is 5.66. The normalized spacial score (nSPS) is 21.0. The minimum absolute atomic E-state index is 0.199. The number of nitrogens with zero attached hydrogens (tertiary/aromatic N) is 2. The molecule has 0 spiro atoms. The van der Waals surface area contributed by atoms with Gasteiger partial charge in [0.1, 0.15) is 5.82 Å². The molecule has 0 amide bonds. The third kappa shape index (κ3) is 3.76. The van der Waals surface area contributed by atoms with Crippen LogP contribution in [0.1, 0.15) is 44.3 Å². The van der Waals surface area contributed by atoms with Crippen LogP contribution < -0.4 is 0 Å². The van der Waals surface area contributed by atoms with Crippen molar-refractivity contribution in [3.63, 3.8) is 0 Å². The highest BCUT2D eigenvalue weighted by atomic mass is 19.1. The molecule has 0 bridgehead atoms. The first-order valence-electron chi connectivity index (χ1n) is 7.17. The molecule has 2 rings (SSSR count). The molecule has 0 aliphatic carbocycles. The van der Waals surface area contributed by atoms with Crippen molar-refractivity contribution in [3.05, 3.63) is 29.8 Å². The van der Waals surface area contributed by atoms with Gasteiger partial charge < -0.3 is 5.11 Å². The summed E-state index contributed by atoms with van der Waals surface area (Å²) >= 11 is 0. The molecule has 0 aromatic carbocycles. The van der Waals surface area contributed by atoms with Gasteiger partial charge in [0.25, 0.3) is 0 Å². The molecule has 1 N–H and O–H groups in total. The monoisotopic (exact) mass is 280 g/mol. The molecule has 110 valence electrons. The molecule has 1 aliphatic heterocycles. The van der Waals surface area contributed by atoms with E-state index in [0.29, 0.717) is 5.92 Å². The Morgan fingerprint density at radius 2 is 2.40 bits per heavy atom. The maximum Gasteiger partial charge on any atom is 0.303 e. The van der Waals surface area contributed by atoms with Gasteiger partial charge in [-0.2, -0.15) is 0 Å². The number of carboxylic acids is 1. The van der Waals surface area contributed by atoms with Crippen LogP contribution in [-0.4, -0.2) is 34.0 Å². The van der Waals surface area contributed by atoms with Crippen molar-refractivity contribution in [2.75, 3.05) is 13.1 Å². The lowest BCUT2D eigenvalue weighted by Crippen LogP contribution is -2.27. The minimum atomic E-state index is -0.726. The Morgan fingerprint density at radius 3 is 3.00 bits per heavy atom. The van der Waals surface area contributed by atoms with Gasteiger partial charge in [-0.05, 0) is 43.9 Å². The molecule has 1 aliphatic rings. The SMILES string of the molecule is CCC(c1ccc(F)cn1)N1CCC(CCC(=O)O)C1. The molecular formula is C15H21FN2O2. The zero-order valence-electron chi connectivity index (χ0n) is 11.8. The Bertz CT molecular complexity index is 450. The molecular weight excluding hydrogens is 259 g/mol. The second kappa shape index (κ2) is 6.79. The highest BCUT2D eigenvalue weighted by Gasteiger charge is 2.29. The number of hydrogen-bond donors (Lipinski definition) is 1. The van der Waals surface area contributed by atoms with Crippen molar-refractivity contribution < 1.29 is 14.3 Å². The lowest BCUT2D eigenvalue weighted by Gasteiger charge is -2.26. The Morgan fingerprint density at radius 1 is 1.60 bits per heavy atom. The molecule has 2 atom stereocenters. The van der Waals surface area contributed by atoms with Gasteiger partial charge in [-0.25, -0.2) is 4.39 Å². The van der Waals surface area contributed by atoms with E-state index in [1.807, 2.05) is 0 Å². The number of rotatable bonds is 6. The standard InChI is InChI=1S/C15H21FN2O2/c1-2-14(13-5-4-12(16)9-17-13)18-8-7-11(10-18)3-6-15(19)20/h4-5,9,11,14H,2-3,6-8,10H2,1H3,(H,19,20). The first-order valence-corrected chi connectivity index (χ1v) is 7.17. The highest BCUT2D eigenvalue weighted by Crippen LogP contribution is 2.30. The number of carboxylic acid groups (broad SMARTS) is 1. The average Bonchev–Trinajstić information content (AvgIpc) is 2.88. The molecule has 20 heavy (non-hydrogen) atoms. The van der Waals surface area contributed by atoms with Gasteiger partial charge in [-0.15, -0.1) is 0 Å². The predicted molar refractivity (Wildman–Crippen MR) is 73.8 cm³/mol. The summed E-state index contributed by atoms with van der Waals surface area (Å²) in [6.45, 7) is 3.97. The van der Waals surface area contributed by atoms with E-state index in [4.69, 9.17) is 5.11 Å². The molecule has 1 fully saturated rings. The van der Waals surface area contributed by atoms with Gasteiger partial charge in [0.2, 0.25) is 0 Å². The number of hydrogen-bond acceptors (Lipinski definition) is 3. The van der Waals surface area contributed by atoms with Crippen molar-refractivity contribution in [2.24, 2.45) is 5.92 Å². The van der Waals surface area contributed by atoms with E-state index in [9.17, 15) is 9.18 Å². The van der Waals surface area contributed by atoms with Gasteiger partial charge in [0.15, 0.2) is 0 Å². The number of likely N-dealkylation sites (tertiary alicyclic amines) is 1. The Balaban J connectivity index is 1.96. The van der Waals surface area contributed by atoms with E-state index in [0.717, 1.165) is 38.0 Å². The Hall–Kier alpha value is -1.49. The molecule has 1 aromatic heterocycles. The van der Waals surface area contributed by atoms with E-state index in [1.165, 1.54) is 12.3 Å². The van der Waals surface area contributed by atoms with Gasteiger partial charge >= 0.3 is 5.97 Å². The summed E-state index contributed by atoms with van der Waals surface area (Å²) in [6, 6.07) is 3.39. The lowest BCUT2D eigenvalue weighted by atomic mass is 10.0. The van der Waals surface area contributed by atoms with Crippen LogP contribution in [0.2, 0.25) is 0 Å². The van der Waals surface area contributed by atoms with Crippen LogP contribution >= 0.6 is 0 Å². The van der Waals surface area contributed by atoms with Crippen LogP contribution in [-0.2, 0) is 4.79 Å². The van der Waals surface area contributed by atoms with Crippen molar-refractivity contribution in [2.45, 2.75) is 38.6 Å². The van der Waals surface area contributed by atoms with E-state index < -0.39 is 5.97 Å². The predicted octanol–water partition coefficient (Wildman–Crippen LogP) is 2.86. The van der Waals surface area contributed by atoms with Crippen LogP contribution in [0.25, 0.3) is 0 Å². The summed E-state index contributed by atoms with van der Waals surface area (Å²) in [6.07, 6.45) is 4.19. The van der Waals surface area contributed by atoms with E-state index in [1.54, 1.807) is 6.07 Å². The second-order valence-electron chi connectivity index (χ2n) is 5.41. The summed E-state index contributed by atoms with van der Waals surface area (Å²) in [5, 5.41) is 8.74. The lowest BCUT2D eigenvalue weighted by molar-refractivity contribution is -0.137. The van der Waals surface area contributed by atoms with Crippen molar-refractivity contribution in [3.8, 4) is 0 Å². The Kier molecular flexibility index (Phi) is 5.06. The molecule has 5 heteroatoms. The van der Waals surface area contributed by atoms with Crippen LogP contribution in [0, 0.1) is 11.7 Å². The molecule has 2 unspecified atom stereocenters. The number of aliphatic carboxylic acids is 1.